The second-order valence-corrected chi connectivity index (χ2v) is 11.7. The zero-order valence-electron chi connectivity index (χ0n) is 25.8. The number of allylic oxidation sites excluding steroid dienone is 4. The van der Waals surface area contributed by atoms with Crippen LogP contribution >= 0.6 is 0 Å². The second-order valence-electron chi connectivity index (χ2n) is 10.7. The highest BCUT2D eigenvalue weighted by Crippen LogP contribution is 2.25. The smallest absolute Gasteiger partial charge is 0.397 e. The van der Waals surface area contributed by atoms with Crippen LogP contribution in [0.1, 0.15) is 97.3 Å². The second kappa shape index (κ2) is 23.9. The number of ether oxygens (including phenoxy) is 4. The van der Waals surface area contributed by atoms with Crippen LogP contribution in [-0.2, 0) is 38.3 Å². The molecule has 6 atom stereocenters. The summed E-state index contributed by atoms with van der Waals surface area (Å²) in [5.41, 5.74) is 0. The Morgan fingerprint density at radius 2 is 1.51 bits per heavy atom. The van der Waals surface area contributed by atoms with E-state index in [2.05, 4.69) is 35.4 Å². The predicted molar refractivity (Wildman–Crippen MR) is 160 cm³/mol. The molecule has 0 spiro atoms. The van der Waals surface area contributed by atoms with Gasteiger partial charge in [0.1, 0.15) is 30.5 Å². The minimum Gasteiger partial charge on any atom is -0.457 e. The molecule has 1 heterocycles. The molecule has 1 rings (SSSR count). The lowest BCUT2D eigenvalue weighted by molar-refractivity contribution is -0.301. The highest BCUT2D eigenvalue weighted by atomic mass is 32.3. The zero-order valence-corrected chi connectivity index (χ0v) is 26.6. The zero-order chi connectivity index (χ0) is 31.9. The maximum atomic E-state index is 11.9. The molecule has 43 heavy (non-hydrogen) atoms. The Morgan fingerprint density at radius 1 is 0.884 bits per heavy atom. The van der Waals surface area contributed by atoms with E-state index in [1.807, 2.05) is 0 Å². The highest BCUT2D eigenvalue weighted by molar-refractivity contribution is 7.80. The quantitative estimate of drug-likeness (QED) is 0.0493. The molecule has 0 aliphatic carbocycles. The Kier molecular flexibility index (Phi) is 22.0. The first-order valence-electron chi connectivity index (χ1n) is 15.6. The normalized spacial score (nSPS) is 23.7. The summed E-state index contributed by atoms with van der Waals surface area (Å²) in [5.74, 6) is -0.493. The number of esters is 1. The van der Waals surface area contributed by atoms with Crippen LogP contribution in [0.4, 0.5) is 0 Å². The van der Waals surface area contributed by atoms with Crippen molar-refractivity contribution in [2.24, 2.45) is 0 Å². The average molecular weight is 639 g/mol. The largest absolute Gasteiger partial charge is 0.457 e. The molecule has 0 aromatic rings. The van der Waals surface area contributed by atoms with Crippen LogP contribution in [0.15, 0.2) is 24.3 Å². The molecule has 4 N–H and O–H groups in total. The molecule has 13 heteroatoms. The molecule has 6 unspecified atom stereocenters. The summed E-state index contributed by atoms with van der Waals surface area (Å²) < 4.78 is 57.5. The van der Waals surface area contributed by atoms with E-state index >= 15 is 0 Å². The van der Waals surface area contributed by atoms with Crippen LogP contribution in [0.3, 0.4) is 0 Å². The van der Waals surface area contributed by atoms with Gasteiger partial charge < -0.3 is 34.3 Å². The van der Waals surface area contributed by atoms with Crippen molar-refractivity contribution in [2.45, 2.75) is 134 Å². The lowest BCUT2D eigenvalue weighted by Crippen LogP contribution is -2.60. The maximum absolute atomic E-state index is 11.9. The minimum absolute atomic E-state index is 0.0197. The van der Waals surface area contributed by atoms with E-state index in [0.717, 1.165) is 38.5 Å². The van der Waals surface area contributed by atoms with Gasteiger partial charge in [-0.05, 0) is 38.5 Å². The van der Waals surface area contributed by atoms with E-state index in [9.17, 15) is 28.5 Å². The van der Waals surface area contributed by atoms with Gasteiger partial charge >= 0.3 is 16.4 Å². The third kappa shape index (κ3) is 18.9. The Bertz CT molecular complexity index is 878. The molecule has 0 amide bonds. The Morgan fingerprint density at radius 3 is 2.12 bits per heavy atom. The molecular weight excluding hydrogens is 584 g/mol. The number of rotatable bonds is 25. The van der Waals surface area contributed by atoms with Gasteiger partial charge in [0.05, 0.1) is 19.8 Å². The number of aliphatic hydroxyl groups is 3. The summed E-state index contributed by atoms with van der Waals surface area (Å²) in [6, 6.07) is 0. The van der Waals surface area contributed by atoms with Gasteiger partial charge in [-0.3, -0.25) is 9.35 Å². The van der Waals surface area contributed by atoms with Gasteiger partial charge in [-0.2, -0.15) is 8.42 Å². The highest BCUT2D eigenvalue weighted by Gasteiger charge is 2.48. The van der Waals surface area contributed by atoms with Gasteiger partial charge in [0.15, 0.2) is 6.29 Å². The standard InChI is InChI=1S/C30H54O12S/c1-3-5-6-7-8-9-10-11-12-13-14-15-16-17-18-19-20-38-22-24(40-26(32)4-2)23-39-30-28(34)29(42-43(35,36)37)27(33)25(21-31)41-30/h8-9,11-12,24-25,27-31,33-34H,3-7,10,13-23H2,1-2H3,(H,35,36,37)/b9-8-,12-11-. The summed E-state index contributed by atoms with van der Waals surface area (Å²) in [5, 5.41) is 30.0. The molecule has 252 valence electrons. The SMILES string of the molecule is CCCCC/C=C\C/C=C\CCCCCCCCOCC(COC1OC(CO)C(O)C(OS(=O)(=O)O)C1O)OC(=O)CC. The fraction of sp³-hybridized carbons (Fsp3) is 0.833. The Labute approximate surface area is 257 Å². The number of unbranched alkanes of at least 4 members (excludes halogenated alkanes) is 9. The summed E-state index contributed by atoms with van der Waals surface area (Å²) in [4.78, 5) is 11.9. The van der Waals surface area contributed by atoms with Crippen LogP contribution < -0.4 is 0 Å². The van der Waals surface area contributed by atoms with Gasteiger partial charge in [0.25, 0.3) is 0 Å². The Balaban J connectivity index is 2.30. The van der Waals surface area contributed by atoms with E-state index in [1.165, 1.54) is 38.5 Å². The number of hydrogen-bond donors (Lipinski definition) is 4. The topological polar surface area (TPSA) is 178 Å². The first kappa shape index (κ1) is 39.6. The third-order valence-electron chi connectivity index (χ3n) is 6.88. The molecule has 0 bridgehead atoms. The van der Waals surface area contributed by atoms with Crippen molar-refractivity contribution in [1.29, 1.82) is 0 Å². The lowest BCUT2D eigenvalue weighted by atomic mass is 9.99. The van der Waals surface area contributed by atoms with Crippen molar-refractivity contribution >= 4 is 16.4 Å². The van der Waals surface area contributed by atoms with Crippen LogP contribution in [0.5, 0.6) is 0 Å². The van der Waals surface area contributed by atoms with Gasteiger partial charge in [-0.15, -0.1) is 0 Å². The number of hydrogen-bond acceptors (Lipinski definition) is 11. The predicted octanol–water partition coefficient (Wildman–Crippen LogP) is 3.78. The van der Waals surface area contributed by atoms with Crippen LogP contribution in [-0.4, -0.2) is 97.5 Å². The molecular formula is C30H54O12S. The molecule has 0 aromatic heterocycles. The monoisotopic (exact) mass is 638 g/mol. The molecule has 0 aromatic carbocycles. The summed E-state index contributed by atoms with van der Waals surface area (Å²) in [7, 11) is -5.04. The van der Waals surface area contributed by atoms with Crippen LogP contribution in [0.25, 0.3) is 0 Å². The molecule has 0 radical (unpaired) electrons. The lowest BCUT2D eigenvalue weighted by Gasteiger charge is -2.41. The van der Waals surface area contributed by atoms with E-state index in [4.69, 9.17) is 23.5 Å². The summed E-state index contributed by atoms with van der Waals surface area (Å²) in [6.45, 7) is 3.29. The van der Waals surface area contributed by atoms with Crippen molar-refractivity contribution in [3.63, 3.8) is 0 Å². The van der Waals surface area contributed by atoms with Crippen LogP contribution in [0, 0.1) is 0 Å². The van der Waals surface area contributed by atoms with Crippen molar-refractivity contribution in [3.05, 3.63) is 24.3 Å². The van der Waals surface area contributed by atoms with E-state index in [1.54, 1.807) is 6.92 Å². The van der Waals surface area contributed by atoms with E-state index in [-0.39, 0.29) is 19.6 Å². The first-order chi connectivity index (χ1) is 20.6. The van der Waals surface area contributed by atoms with Gasteiger partial charge in [-0.25, -0.2) is 4.18 Å². The molecule has 0 saturated carbocycles. The molecule has 1 saturated heterocycles. The van der Waals surface area contributed by atoms with Gasteiger partial charge in [0.2, 0.25) is 0 Å². The fourth-order valence-corrected chi connectivity index (χ4v) is 4.95. The van der Waals surface area contributed by atoms with Crippen molar-refractivity contribution in [3.8, 4) is 0 Å². The fourth-order valence-electron chi connectivity index (χ4n) is 4.44. The molecule has 1 fully saturated rings. The summed E-state index contributed by atoms with van der Waals surface area (Å²) in [6.07, 6.45) is 13.5. The summed E-state index contributed by atoms with van der Waals surface area (Å²) >= 11 is 0. The molecule has 1 aliphatic heterocycles. The minimum atomic E-state index is -5.04. The number of carbonyl (C=O) groups excluding carboxylic acids is 1. The molecule has 12 nitrogen and oxygen atoms in total. The maximum Gasteiger partial charge on any atom is 0.397 e. The molecule has 1 aliphatic rings. The van der Waals surface area contributed by atoms with Gasteiger partial charge in [0, 0.05) is 13.0 Å². The van der Waals surface area contributed by atoms with Crippen molar-refractivity contribution < 1.29 is 56.2 Å². The number of aliphatic hydroxyl groups excluding tert-OH is 3. The average Bonchev–Trinajstić information content (AvgIpc) is 2.97. The Hall–Kier alpha value is -1.42. The van der Waals surface area contributed by atoms with Crippen molar-refractivity contribution in [1.82, 2.24) is 0 Å². The van der Waals surface area contributed by atoms with Gasteiger partial charge in [-0.1, -0.05) is 76.7 Å². The van der Waals surface area contributed by atoms with E-state index < -0.39 is 59.8 Å². The third-order valence-corrected chi connectivity index (χ3v) is 7.35. The van der Waals surface area contributed by atoms with E-state index in [0.29, 0.717) is 6.61 Å². The first-order valence-corrected chi connectivity index (χ1v) is 17.0. The van der Waals surface area contributed by atoms with Crippen LogP contribution in [0.2, 0.25) is 0 Å². The number of carbonyl (C=O) groups is 1. The van der Waals surface area contributed by atoms with Crippen molar-refractivity contribution in [2.75, 3.05) is 26.4 Å².